The maximum absolute atomic E-state index is 12.9. The second-order valence-corrected chi connectivity index (χ2v) is 11.2. The number of carbonyl (C=O) groups is 2. The van der Waals surface area contributed by atoms with Crippen molar-refractivity contribution in [3.05, 3.63) is 94.5 Å². The Bertz CT molecular complexity index is 1380. The van der Waals surface area contributed by atoms with E-state index in [4.69, 9.17) is 24.5 Å². The first kappa shape index (κ1) is 32.6. The highest BCUT2D eigenvalue weighted by atomic mass is 32.2. The Kier molecular flexibility index (Phi) is 12.0. The van der Waals surface area contributed by atoms with E-state index in [1.165, 1.54) is 18.2 Å². The van der Waals surface area contributed by atoms with Crippen molar-refractivity contribution < 1.29 is 36.8 Å². The monoisotopic (exact) mass is 571 g/mol. The number of ether oxygens (including phenoxy) is 2. The Morgan fingerprint density at radius 2 is 1.25 bits per heavy atom. The van der Waals surface area contributed by atoms with Crippen molar-refractivity contribution in [1.82, 2.24) is 0 Å². The van der Waals surface area contributed by atoms with Crippen LogP contribution in [0.1, 0.15) is 64.3 Å². The summed E-state index contributed by atoms with van der Waals surface area (Å²) < 4.78 is 40.5. The van der Waals surface area contributed by atoms with Crippen molar-refractivity contribution in [1.29, 1.82) is 0 Å². The van der Waals surface area contributed by atoms with Crippen LogP contribution in [0.25, 0.3) is 0 Å². The summed E-state index contributed by atoms with van der Waals surface area (Å²) in [5, 5.41) is 7.57. The molecule has 0 aliphatic carbocycles. The molecule has 3 aromatic carbocycles. The number of carbonyl (C=O) groups excluding carboxylic acids is 2. The maximum Gasteiger partial charge on any atom is 0.343 e. The molecule has 3 aromatic rings. The minimum Gasteiger partial charge on any atom is -0.419 e. The Balaban J connectivity index is 0.00000178. The quantitative estimate of drug-likeness (QED) is 0.211. The van der Waals surface area contributed by atoms with Gasteiger partial charge in [0.1, 0.15) is 6.10 Å². The molecule has 9 nitrogen and oxygen atoms in total. The molecular formula is C30H37NO8S. The van der Waals surface area contributed by atoms with E-state index in [0.29, 0.717) is 11.1 Å². The molecular weight excluding hydrogens is 534 g/mol. The second-order valence-electron chi connectivity index (χ2n) is 9.58. The average molecular weight is 572 g/mol. The van der Waals surface area contributed by atoms with E-state index < -0.39 is 34.2 Å². The number of benzene rings is 3. The highest BCUT2D eigenvalue weighted by Gasteiger charge is 2.29. The van der Waals surface area contributed by atoms with Crippen molar-refractivity contribution in [2.24, 2.45) is 11.7 Å². The van der Waals surface area contributed by atoms with Crippen LogP contribution in [0.2, 0.25) is 0 Å². The second kappa shape index (κ2) is 14.7. The van der Waals surface area contributed by atoms with Gasteiger partial charge in [0, 0.05) is 12.6 Å². The van der Waals surface area contributed by atoms with Crippen molar-refractivity contribution in [2.45, 2.75) is 46.8 Å². The molecule has 0 saturated heterocycles. The van der Waals surface area contributed by atoms with Crippen LogP contribution in [0.5, 0.6) is 11.5 Å². The molecule has 0 radical (unpaired) electrons. The number of aliphatic hydroxyl groups excluding tert-OH is 1. The highest BCUT2D eigenvalue weighted by Crippen LogP contribution is 2.35. The number of hydrogen-bond acceptors (Lipinski definition) is 9. The summed E-state index contributed by atoms with van der Waals surface area (Å²) in [6.45, 7) is 9.38. The number of rotatable bonds is 9. The van der Waals surface area contributed by atoms with Crippen LogP contribution in [0, 0.1) is 19.8 Å². The minimum absolute atomic E-state index is 0.0222. The van der Waals surface area contributed by atoms with Crippen LogP contribution >= 0.6 is 0 Å². The average Bonchev–Trinajstić information content (AvgIpc) is 2.88. The van der Waals surface area contributed by atoms with E-state index >= 15 is 0 Å². The van der Waals surface area contributed by atoms with E-state index in [1.807, 2.05) is 27.7 Å². The Morgan fingerprint density at radius 1 is 0.825 bits per heavy atom. The lowest BCUT2D eigenvalue weighted by atomic mass is 9.94. The molecule has 0 fully saturated rings. The third-order valence-corrected chi connectivity index (χ3v) is 6.23. The summed E-state index contributed by atoms with van der Waals surface area (Å²) in [6, 6.07) is 17.2. The summed E-state index contributed by atoms with van der Waals surface area (Å²) in [6.07, 6.45) is -0.128. The molecule has 10 heteroatoms. The SMILES string of the molecule is CCO.Cc1ccc(C(=O)Oc2ccc(C(OS(C)(=O)=O)C(N)C(C)C)cc2OC(=O)c2ccc(C)cc2)cc1. The number of hydrogen-bond donors (Lipinski definition) is 2. The molecule has 0 heterocycles. The molecule has 0 bridgehead atoms. The van der Waals surface area contributed by atoms with Crippen LogP contribution in [0.3, 0.4) is 0 Å². The molecule has 0 aliphatic heterocycles. The minimum atomic E-state index is -3.87. The van der Waals surface area contributed by atoms with Crippen molar-refractivity contribution in [2.75, 3.05) is 12.9 Å². The number of aryl methyl sites for hydroxylation is 2. The topological polar surface area (TPSA) is 142 Å². The largest absolute Gasteiger partial charge is 0.419 e. The Hall–Kier alpha value is -3.57. The fourth-order valence-corrected chi connectivity index (χ4v) is 4.06. The molecule has 0 amide bonds. The van der Waals surface area contributed by atoms with Gasteiger partial charge in [0.15, 0.2) is 11.5 Å². The van der Waals surface area contributed by atoms with Gasteiger partial charge in [-0.2, -0.15) is 8.42 Å². The van der Waals surface area contributed by atoms with Gasteiger partial charge in [-0.3, -0.25) is 4.18 Å². The molecule has 216 valence electrons. The lowest BCUT2D eigenvalue weighted by Gasteiger charge is -2.26. The standard InChI is InChI=1S/C28H31NO7S.C2H6O/c1-17(2)25(29)26(36-37(5,32)33)22-14-15-23(34-27(30)20-10-6-18(3)7-11-20)24(16-22)35-28(31)21-12-8-19(4)9-13-21;1-2-3/h6-17,25-26H,29H2,1-5H3;3H,2H2,1H3. The van der Waals surface area contributed by atoms with Crippen LogP contribution in [0.15, 0.2) is 66.7 Å². The van der Waals surface area contributed by atoms with Crippen LogP contribution in [0.4, 0.5) is 0 Å². The van der Waals surface area contributed by atoms with Crippen LogP contribution in [-0.2, 0) is 14.3 Å². The zero-order chi connectivity index (χ0) is 30.0. The molecule has 0 aliphatic rings. The molecule has 0 aromatic heterocycles. The molecule has 0 saturated carbocycles. The summed E-state index contributed by atoms with van der Waals surface area (Å²) in [4.78, 5) is 25.7. The van der Waals surface area contributed by atoms with Crippen molar-refractivity contribution >= 4 is 22.1 Å². The molecule has 3 rings (SSSR count). The maximum atomic E-state index is 12.9. The van der Waals surface area contributed by atoms with E-state index in [1.54, 1.807) is 55.5 Å². The van der Waals surface area contributed by atoms with Gasteiger partial charge in [-0.1, -0.05) is 55.3 Å². The molecule has 2 atom stereocenters. The van der Waals surface area contributed by atoms with Gasteiger partial charge in [-0.05, 0) is 68.7 Å². The highest BCUT2D eigenvalue weighted by molar-refractivity contribution is 7.86. The molecule has 0 spiro atoms. The van der Waals surface area contributed by atoms with Crippen LogP contribution in [-0.4, -0.2) is 44.4 Å². The first-order valence-electron chi connectivity index (χ1n) is 12.7. The predicted molar refractivity (Wildman–Crippen MR) is 153 cm³/mol. The van der Waals surface area contributed by atoms with Gasteiger partial charge in [0.25, 0.3) is 10.1 Å². The first-order chi connectivity index (χ1) is 18.7. The third-order valence-electron chi connectivity index (χ3n) is 5.67. The summed E-state index contributed by atoms with van der Waals surface area (Å²) in [5.74, 6) is -1.57. The lowest BCUT2D eigenvalue weighted by molar-refractivity contribution is 0.0681. The third kappa shape index (κ3) is 9.87. The van der Waals surface area contributed by atoms with E-state index in [2.05, 4.69) is 0 Å². The smallest absolute Gasteiger partial charge is 0.343 e. The fraction of sp³-hybridized carbons (Fsp3) is 0.333. The predicted octanol–water partition coefficient (Wildman–Crippen LogP) is 4.74. The summed E-state index contributed by atoms with van der Waals surface area (Å²) in [7, 11) is -3.87. The van der Waals surface area contributed by atoms with E-state index in [-0.39, 0.29) is 29.6 Å². The van der Waals surface area contributed by atoms with Gasteiger partial charge < -0.3 is 20.3 Å². The van der Waals surface area contributed by atoms with Gasteiger partial charge >= 0.3 is 11.9 Å². The van der Waals surface area contributed by atoms with Gasteiger partial charge in [-0.25, -0.2) is 9.59 Å². The van der Waals surface area contributed by atoms with Crippen LogP contribution < -0.4 is 15.2 Å². The number of esters is 2. The molecule has 2 unspecified atom stereocenters. The summed E-state index contributed by atoms with van der Waals surface area (Å²) >= 11 is 0. The van der Waals surface area contributed by atoms with Gasteiger partial charge in [0.2, 0.25) is 0 Å². The number of nitrogens with two attached hydrogens (primary N) is 1. The zero-order valence-electron chi connectivity index (χ0n) is 23.6. The fourth-order valence-electron chi connectivity index (χ4n) is 3.44. The summed E-state index contributed by atoms with van der Waals surface area (Å²) in [5.41, 5.74) is 9.17. The first-order valence-corrected chi connectivity index (χ1v) is 14.5. The van der Waals surface area contributed by atoms with Crippen molar-refractivity contribution in [3.63, 3.8) is 0 Å². The normalized spacial score (nSPS) is 12.6. The Morgan fingerprint density at radius 3 is 1.65 bits per heavy atom. The Labute approximate surface area is 236 Å². The number of aliphatic hydroxyl groups is 1. The molecule has 40 heavy (non-hydrogen) atoms. The molecule has 3 N–H and O–H groups in total. The van der Waals surface area contributed by atoms with Gasteiger partial charge in [0.05, 0.1) is 17.4 Å². The van der Waals surface area contributed by atoms with Gasteiger partial charge in [-0.15, -0.1) is 0 Å². The zero-order valence-corrected chi connectivity index (χ0v) is 24.4. The van der Waals surface area contributed by atoms with E-state index in [9.17, 15) is 18.0 Å². The van der Waals surface area contributed by atoms with Crippen molar-refractivity contribution in [3.8, 4) is 11.5 Å². The lowest BCUT2D eigenvalue weighted by Crippen LogP contribution is -2.36. The van der Waals surface area contributed by atoms with E-state index in [0.717, 1.165) is 17.4 Å².